The molecule has 0 saturated heterocycles. The fourth-order valence-corrected chi connectivity index (χ4v) is 0.754. The molecule has 0 aromatic rings. The molecule has 0 aromatic carbocycles. The molecular weight excluding hydrogens is 140 g/mol. The first-order chi connectivity index (χ1) is 5.17. The van der Waals surface area contributed by atoms with Crippen LogP contribution in [0.5, 0.6) is 0 Å². The highest BCUT2D eigenvalue weighted by atomic mass is 16.5. The molecule has 2 nitrogen and oxygen atoms in total. The van der Waals surface area contributed by atoms with Gasteiger partial charge in [-0.05, 0) is 18.6 Å². The summed E-state index contributed by atoms with van der Waals surface area (Å²) in [5.74, 6) is 1.25. The molecule has 0 aliphatic carbocycles. The highest BCUT2D eigenvalue weighted by Crippen LogP contribution is 2.14. The highest BCUT2D eigenvalue weighted by Gasteiger charge is 2.03. The van der Waals surface area contributed by atoms with Crippen LogP contribution in [0.15, 0.2) is 36.3 Å². The molecule has 0 atom stereocenters. The van der Waals surface area contributed by atoms with E-state index in [9.17, 15) is 0 Å². The van der Waals surface area contributed by atoms with E-state index in [0.717, 1.165) is 5.57 Å². The third-order valence-electron chi connectivity index (χ3n) is 1.22. The third kappa shape index (κ3) is 2.50. The van der Waals surface area contributed by atoms with Gasteiger partial charge in [0, 0.05) is 0 Å². The van der Waals surface area contributed by atoms with Crippen LogP contribution in [0.25, 0.3) is 0 Å². The molecule has 0 aliphatic rings. The van der Waals surface area contributed by atoms with Crippen LogP contribution >= 0.6 is 0 Å². The molecule has 0 amide bonds. The van der Waals surface area contributed by atoms with E-state index in [1.54, 1.807) is 20.3 Å². The van der Waals surface area contributed by atoms with E-state index in [2.05, 4.69) is 13.2 Å². The molecule has 0 rings (SSSR count). The van der Waals surface area contributed by atoms with E-state index in [4.69, 9.17) is 9.47 Å². The monoisotopic (exact) mass is 154 g/mol. The largest absolute Gasteiger partial charge is 0.493 e. The Morgan fingerprint density at radius 3 is 1.91 bits per heavy atom. The SMILES string of the molecule is C=C/C(OC)=C(/OC)C(=C)C. The number of methoxy groups -OCH3 is 2. The lowest BCUT2D eigenvalue weighted by atomic mass is 10.2. The van der Waals surface area contributed by atoms with Gasteiger partial charge in [0.1, 0.15) is 0 Å². The van der Waals surface area contributed by atoms with Crippen molar-refractivity contribution in [2.24, 2.45) is 0 Å². The molecule has 62 valence electrons. The Hall–Kier alpha value is -1.18. The first-order valence-corrected chi connectivity index (χ1v) is 3.28. The van der Waals surface area contributed by atoms with Crippen molar-refractivity contribution in [3.05, 3.63) is 36.3 Å². The smallest absolute Gasteiger partial charge is 0.162 e. The average molecular weight is 154 g/mol. The van der Waals surface area contributed by atoms with Crippen LogP contribution in [0.2, 0.25) is 0 Å². The quantitative estimate of drug-likeness (QED) is 0.456. The van der Waals surface area contributed by atoms with E-state index >= 15 is 0 Å². The van der Waals surface area contributed by atoms with Gasteiger partial charge in [0.2, 0.25) is 0 Å². The molecule has 0 saturated carbocycles. The number of ether oxygens (including phenoxy) is 2. The summed E-state index contributed by atoms with van der Waals surface area (Å²) < 4.78 is 10.0. The summed E-state index contributed by atoms with van der Waals surface area (Å²) in [6.07, 6.45) is 1.59. The molecule has 0 N–H and O–H groups in total. The van der Waals surface area contributed by atoms with Crippen molar-refractivity contribution in [1.29, 1.82) is 0 Å². The van der Waals surface area contributed by atoms with Crippen LogP contribution in [-0.2, 0) is 9.47 Å². The minimum absolute atomic E-state index is 0.611. The number of rotatable bonds is 4. The topological polar surface area (TPSA) is 18.5 Å². The van der Waals surface area contributed by atoms with Crippen LogP contribution in [0, 0.1) is 0 Å². The first kappa shape index (κ1) is 9.82. The summed E-state index contributed by atoms with van der Waals surface area (Å²) in [4.78, 5) is 0. The predicted octanol–water partition coefficient (Wildman–Crippen LogP) is 2.25. The minimum Gasteiger partial charge on any atom is -0.493 e. The Kier molecular flexibility index (Phi) is 4.11. The number of allylic oxidation sites excluding steroid dienone is 2. The second-order valence-electron chi connectivity index (χ2n) is 2.09. The van der Waals surface area contributed by atoms with E-state index < -0.39 is 0 Å². The van der Waals surface area contributed by atoms with Gasteiger partial charge in [0.25, 0.3) is 0 Å². The second kappa shape index (κ2) is 4.61. The Labute approximate surface area is 67.8 Å². The van der Waals surface area contributed by atoms with Gasteiger partial charge < -0.3 is 9.47 Å². The standard InChI is InChI=1S/C9H14O2/c1-6-8(10-4)9(11-5)7(2)3/h6H,1-2H2,3-5H3/b9-8-. The molecule has 0 spiro atoms. The van der Waals surface area contributed by atoms with Crippen LogP contribution in [0.4, 0.5) is 0 Å². The molecule has 0 unspecified atom stereocenters. The van der Waals surface area contributed by atoms with Gasteiger partial charge in [-0.15, -0.1) is 0 Å². The maximum Gasteiger partial charge on any atom is 0.162 e. The molecular formula is C9H14O2. The van der Waals surface area contributed by atoms with Gasteiger partial charge in [-0.25, -0.2) is 0 Å². The van der Waals surface area contributed by atoms with Crippen molar-refractivity contribution >= 4 is 0 Å². The highest BCUT2D eigenvalue weighted by molar-refractivity contribution is 5.28. The third-order valence-corrected chi connectivity index (χ3v) is 1.22. The average Bonchev–Trinajstić information content (AvgIpc) is 1.99. The Balaban J connectivity index is 4.76. The summed E-state index contributed by atoms with van der Waals surface area (Å²) in [6, 6.07) is 0. The van der Waals surface area contributed by atoms with Crippen molar-refractivity contribution in [1.82, 2.24) is 0 Å². The van der Waals surface area contributed by atoms with Crippen LogP contribution in [-0.4, -0.2) is 14.2 Å². The first-order valence-electron chi connectivity index (χ1n) is 3.28. The molecule has 0 fully saturated rings. The normalized spacial score (nSPS) is 11.5. The predicted molar refractivity (Wildman–Crippen MR) is 46.1 cm³/mol. The lowest BCUT2D eigenvalue weighted by molar-refractivity contribution is 0.238. The summed E-state index contributed by atoms with van der Waals surface area (Å²) >= 11 is 0. The van der Waals surface area contributed by atoms with E-state index in [1.165, 1.54) is 0 Å². The Morgan fingerprint density at radius 1 is 1.27 bits per heavy atom. The number of hydrogen-bond acceptors (Lipinski definition) is 2. The van der Waals surface area contributed by atoms with E-state index in [0.29, 0.717) is 11.5 Å². The fourth-order valence-electron chi connectivity index (χ4n) is 0.754. The van der Waals surface area contributed by atoms with Gasteiger partial charge >= 0.3 is 0 Å². The van der Waals surface area contributed by atoms with Gasteiger partial charge in [-0.1, -0.05) is 13.2 Å². The zero-order valence-corrected chi connectivity index (χ0v) is 7.31. The summed E-state index contributed by atoms with van der Waals surface area (Å²) in [6.45, 7) is 9.16. The molecule has 0 heterocycles. The van der Waals surface area contributed by atoms with E-state index in [-0.39, 0.29) is 0 Å². The number of hydrogen-bond donors (Lipinski definition) is 0. The summed E-state index contributed by atoms with van der Waals surface area (Å²) in [5, 5.41) is 0. The van der Waals surface area contributed by atoms with Crippen molar-refractivity contribution in [2.45, 2.75) is 6.92 Å². The zero-order chi connectivity index (χ0) is 8.85. The van der Waals surface area contributed by atoms with Crippen LogP contribution in [0.3, 0.4) is 0 Å². The van der Waals surface area contributed by atoms with Crippen molar-refractivity contribution < 1.29 is 9.47 Å². The van der Waals surface area contributed by atoms with Crippen molar-refractivity contribution in [2.75, 3.05) is 14.2 Å². The van der Waals surface area contributed by atoms with Gasteiger partial charge in [0.05, 0.1) is 14.2 Å². The lowest BCUT2D eigenvalue weighted by Crippen LogP contribution is -1.95. The van der Waals surface area contributed by atoms with Crippen LogP contribution < -0.4 is 0 Å². The summed E-state index contributed by atoms with van der Waals surface area (Å²) in [5.41, 5.74) is 0.823. The van der Waals surface area contributed by atoms with Crippen molar-refractivity contribution in [3.63, 3.8) is 0 Å². The summed E-state index contributed by atoms with van der Waals surface area (Å²) in [7, 11) is 3.14. The molecule has 0 radical (unpaired) electrons. The minimum atomic E-state index is 0.611. The van der Waals surface area contributed by atoms with Crippen LogP contribution in [0.1, 0.15) is 6.92 Å². The van der Waals surface area contributed by atoms with Gasteiger partial charge in [-0.3, -0.25) is 0 Å². The molecule has 11 heavy (non-hydrogen) atoms. The maximum atomic E-state index is 5.04. The lowest BCUT2D eigenvalue weighted by Gasteiger charge is -2.09. The second-order valence-corrected chi connectivity index (χ2v) is 2.09. The molecule has 0 bridgehead atoms. The molecule has 2 heteroatoms. The van der Waals surface area contributed by atoms with Crippen molar-refractivity contribution in [3.8, 4) is 0 Å². The molecule has 0 aliphatic heterocycles. The molecule has 0 aromatic heterocycles. The maximum absolute atomic E-state index is 5.04. The van der Waals surface area contributed by atoms with Gasteiger partial charge in [0.15, 0.2) is 11.5 Å². The zero-order valence-electron chi connectivity index (χ0n) is 7.31. The Morgan fingerprint density at radius 2 is 1.82 bits per heavy atom. The van der Waals surface area contributed by atoms with Gasteiger partial charge in [-0.2, -0.15) is 0 Å². The fraction of sp³-hybridized carbons (Fsp3) is 0.333. The Bertz CT molecular complexity index is 190. The van der Waals surface area contributed by atoms with E-state index in [1.807, 2.05) is 6.92 Å².